The van der Waals surface area contributed by atoms with Crippen LogP contribution >= 0.6 is 0 Å². The van der Waals surface area contributed by atoms with Gasteiger partial charge in [0.25, 0.3) is 0 Å². The lowest BCUT2D eigenvalue weighted by atomic mass is 9.96. The number of carbonyl (C=O) groups excluding carboxylic acids is 1. The summed E-state index contributed by atoms with van der Waals surface area (Å²) in [6.07, 6.45) is 0. The van der Waals surface area contributed by atoms with Gasteiger partial charge >= 0.3 is 6.03 Å². The first kappa shape index (κ1) is 21.3. The molecule has 0 aliphatic carbocycles. The van der Waals surface area contributed by atoms with Crippen molar-refractivity contribution in [2.24, 2.45) is 5.92 Å². The molecule has 3 rings (SSSR count). The fourth-order valence-electron chi connectivity index (χ4n) is 3.56. The van der Waals surface area contributed by atoms with Gasteiger partial charge in [-0.25, -0.2) is 9.18 Å². The maximum absolute atomic E-state index is 13.2. The van der Waals surface area contributed by atoms with E-state index in [4.69, 9.17) is 4.74 Å². The minimum absolute atomic E-state index is 0.180. The molecule has 2 aromatic rings. The number of halogens is 1. The monoisotopic (exact) mass is 399 g/mol. The smallest absolute Gasteiger partial charge is 0.315 e. The second-order valence-corrected chi connectivity index (χ2v) is 7.76. The third kappa shape index (κ3) is 6.27. The zero-order valence-electron chi connectivity index (χ0n) is 17.2. The van der Waals surface area contributed by atoms with E-state index in [9.17, 15) is 9.18 Å². The van der Waals surface area contributed by atoms with Crippen LogP contribution in [0.3, 0.4) is 0 Å². The van der Waals surface area contributed by atoms with Crippen molar-refractivity contribution in [3.63, 3.8) is 0 Å². The highest BCUT2D eigenvalue weighted by molar-refractivity contribution is 5.74. The lowest BCUT2D eigenvalue weighted by Crippen LogP contribution is -2.40. The third-order valence-corrected chi connectivity index (χ3v) is 5.24. The summed E-state index contributed by atoms with van der Waals surface area (Å²) in [6.45, 7) is 8.77. The molecular formula is C23H30FN3O2. The summed E-state index contributed by atoms with van der Waals surface area (Å²) < 4.78 is 18.6. The summed E-state index contributed by atoms with van der Waals surface area (Å²) in [7, 11) is 0. The molecule has 2 N–H and O–H groups in total. The number of amides is 2. The van der Waals surface area contributed by atoms with Gasteiger partial charge in [-0.05, 0) is 34.7 Å². The van der Waals surface area contributed by atoms with Crippen molar-refractivity contribution in [1.82, 2.24) is 15.5 Å². The molecule has 1 aliphatic heterocycles. The van der Waals surface area contributed by atoms with E-state index in [-0.39, 0.29) is 23.8 Å². The standard InChI is InChI=1S/C23H30FN3O2/c1-17(2)22(18-7-9-21(24)10-8-18)26-23(28)25-15-19-5-3-4-6-20(19)16-27-11-13-29-14-12-27/h3-10,17,22H,11-16H2,1-2H3,(H2,25,26,28)/t22-/m0/s1. The third-order valence-electron chi connectivity index (χ3n) is 5.24. The van der Waals surface area contributed by atoms with Gasteiger partial charge in [0.15, 0.2) is 0 Å². The zero-order valence-corrected chi connectivity index (χ0v) is 17.2. The first-order valence-corrected chi connectivity index (χ1v) is 10.2. The Kier molecular flexibility index (Phi) is 7.61. The second kappa shape index (κ2) is 10.4. The number of hydrogen-bond donors (Lipinski definition) is 2. The Hall–Kier alpha value is -2.44. The van der Waals surface area contributed by atoms with E-state index in [1.54, 1.807) is 12.1 Å². The first-order chi connectivity index (χ1) is 14.0. The van der Waals surface area contributed by atoms with E-state index in [0.29, 0.717) is 6.54 Å². The Balaban J connectivity index is 1.59. The van der Waals surface area contributed by atoms with Crippen LogP contribution in [-0.4, -0.2) is 37.2 Å². The summed E-state index contributed by atoms with van der Waals surface area (Å²) >= 11 is 0. The van der Waals surface area contributed by atoms with E-state index >= 15 is 0 Å². The van der Waals surface area contributed by atoms with Gasteiger partial charge in [0.05, 0.1) is 19.3 Å². The quantitative estimate of drug-likeness (QED) is 0.744. The molecule has 2 amide bonds. The van der Waals surface area contributed by atoms with E-state index in [0.717, 1.165) is 44.0 Å². The normalized spacial score (nSPS) is 15.9. The summed E-state index contributed by atoms with van der Waals surface area (Å²) in [5.74, 6) is -0.0996. The topological polar surface area (TPSA) is 53.6 Å². The van der Waals surface area contributed by atoms with Crippen molar-refractivity contribution in [3.05, 3.63) is 71.0 Å². The molecular weight excluding hydrogens is 369 g/mol. The highest BCUT2D eigenvalue weighted by Crippen LogP contribution is 2.22. The lowest BCUT2D eigenvalue weighted by Gasteiger charge is -2.27. The summed E-state index contributed by atoms with van der Waals surface area (Å²) in [5, 5.41) is 6.00. The van der Waals surface area contributed by atoms with Crippen LogP contribution in [0.2, 0.25) is 0 Å². The van der Waals surface area contributed by atoms with Gasteiger partial charge in [-0.1, -0.05) is 50.2 Å². The number of urea groups is 1. The van der Waals surface area contributed by atoms with Crippen molar-refractivity contribution in [2.75, 3.05) is 26.3 Å². The molecule has 1 heterocycles. The van der Waals surface area contributed by atoms with Crippen LogP contribution in [0.4, 0.5) is 9.18 Å². The average Bonchev–Trinajstić information content (AvgIpc) is 2.73. The minimum Gasteiger partial charge on any atom is -0.379 e. The molecule has 0 unspecified atom stereocenters. The number of nitrogens with zero attached hydrogens (tertiary/aromatic N) is 1. The zero-order chi connectivity index (χ0) is 20.6. The van der Waals surface area contributed by atoms with E-state index in [2.05, 4.69) is 27.7 Å². The molecule has 0 spiro atoms. The van der Waals surface area contributed by atoms with Gasteiger partial charge in [-0.15, -0.1) is 0 Å². The Labute approximate surface area is 172 Å². The molecule has 1 fully saturated rings. The highest BCUT2D eigenvalue weighted by atomic mass is 19.1. The van der Waals surface area contributed by atoms with Crippen molar-refractivity contribution in [3.8, 4) is 0 Å². The SMILES string of the molecule is CC(C)[C@H](NC(=O)NCc1ccccc1CN1CCOCC1)c1ccc(F)cc1. The van der Waals surface area contributed by atoms with Crippen LogP contribution in [0.1, 0.15) is 36.6 Å². The first-order valence-electron chi connectivity index (χ1n) is 10.2. The van der Waals surface area contributed by atoms with Gasteiger partial charge in [0.1, 0.15) is 5.82 Å². The van der Waals surface area contributed by atoms with Gasteiger partial charge in [0, 0.05) is 26.2 Å². The second-order valence-electron chi connectivity index (χ2n) is 7.76. The Morgan fingerprint density at radius 3 is 2.38 bits per heavy atom. The maximum atomic E-state index is 13.2. The number of benzene rings is 2. The number of rotatable bonds is 7. The fraction of sp³-hybridized carbons (Fsp3) is 0.435. The molecule has 29 heavy (non-hydrogen) atoms. The largest absolute Gasteiger partial charge is 0.379 e. The van der Waals surface area contributed by atoms with Crippen molar-refractivity contribution in [1.29, 1.82) is 0 Å². The molecule has 1 atom stereocenters. The number of carbonyl (C=O) groups is 1. The molecule has 0 saturated carbocycles. The number of morpholine rings is 1. The Morgan fingerprint density at radius 2 is 1.72 bits per heavy atom. The van der Waals surface area contributed by atoms with Gasteiger partial charge in [-0.3, -0.25) is 4.90 Å². The Bertz CT molecular complexity index is 789. The van der Waals surface area contributed by atoms with Crippen molar-refractivity contribution < 1.29 is 13.9 Å². The molecule has 0 aromatic heterocycles. The summed E-state index contributed by atoms with van der Waals surface area (Å²) in [5.41, 5.74) is 3.22. The summed E-state index contributed by atoms with van der Waals surface area (Å²) in [6, 6.07) is 14.1. The van der Waals surface area contributed by atoms with Crippen LogP contribution in [-0.2, 0) is 17.8 Å². The predicted molar refractivity (Wildman–Crippen MR) is 112 cm³/mol. The van der Waals surface area contributed by atoms with E-state index in [1.807, 2.05) is 26.0 Å². The van der Waals surface area contributed by atoms with Crippen LogP contribution < -0.4 is 10.6 Å². The van der Waals surface area contributed by atoms with Crippen molar-refractivity contribution in [2.45, 2.75) is 33.0 Å². The molecule has 1 saturated heterocycles. The van der Waals surface area contributed by atoms with Crippen LogP contribution in [0, 0.1) is 11.7 Å². The van der Waals surface area contributed by atoms with Crippen molar-refractivity contribution >= 4 is 6.03 Å². The fourth-order valence-corrected chi connectivity index (χ4v) is 3.56. The highest BCUT2D eigenvalue weighted by Gasteiger charge is 2.19. The Morgan fingerprint density at radius 1 is 1.07 bits per heavy atom. The average molecular weight is 400 g/mol. The van der Waals surface area contributed by atoms with Gasteiger partial charge in [0.2, 0.25) is 0 Å². The minimum atomic E-state index is -0.280. The molecule has 1 aliphatic rings. The molecule has 0 bridgehead atoms. The van der Waals surface area contributed by atoms with E-state index < -0.39 is 0 Å². The predicted octanol–water partition coefficient (Wildman–Crippen LogP) is 3.85. The molecule has 6 heteroatoms. The van der Waals surface area contributed by atoms with Gasteiger partial charge in [-0.2, -0.15) is 0 Å². The van der Waals surface area contributed by atoms with Crippen LogP contribution in [0.5, 0.6) is 0 Å². The molecule has 156 valence electrons. The van der Waals surface area contributed by atoms with E-state index in [1.165, 1.54) is 17.7 Å². The lowest BCUT2D eigenvalue weighted by molar-refractivity contribution is 0.0341. The van der Waals surface area contributed by atoms with Crippen LogP contribution in [0.15, 0.2) is 48.5 Å². The number of nitrogens with one attached hydrogen (secondary N) is 2. The van der Waals surface area contributed by atoms with Gasteiger partial charge < -0.3 is 15.4 Å². The van der Waals surface area contributed by atoms with Crippen LogP contribution in [0.25, 0.3) is 0 Å². The number of hydrogen-bond acceptors (Lipinski definition) is 3. The molecule has 2 aromatic carbocycles. The summed E-state index contributed by atoms with van der Waals surface area (Å²) in [4.78, 5) is 14.9. The number of ether oxygens (including phenoxy) is 1. The molecule has 5 nitrogen and oxygen atoms in total. The molecule has 0 radical (unpaired) electrons. The maximum Gasteiger partial charge on any atom is 0.315 e.